The monoisotopic (exact) mass is 184 g/mol. The summed E-state index contributed by atoms with van der Waals surface area (Å²) in [5.74, 6) is -0.0288. The number of benzene rings is 1. The molecule has 0 saturated carbocycles. The van der Waals surface area contributed by atoms with Crippen molar-refractivity contribution < 1.29 is 13.9 Å². The number of hydrogen-bond acceptors (Lipinski definition) is 2. The van der Waals surface area contributed by atoms with E-state index in [1.165, 1.54) is 7.11 Å². The smallest absolute Gasteiger partial charge is 0.188 e. The van der Waals surface area contributed by atoms with Crippen molar-refractivity contribution in [3.8, 4) is 5.75 Å². The summed E-state index contributed by atoms with van der Waals surface area (Å²) in [6, 6.07) is 3.55. The van der Waals surface area contributed by atoms with Gasteiger partial charge in [0.05, 0.1) is 0 Å². The van der Waals surface area contributed by atoms with Crippen molar-refractivity contribution in [3.05, 3.63) is 29.1 Å². The molecule has 0 spiro atoms. The summed E-state index contributed by atoms with van der Waals surface area (Å²) in [5.41, 5.74) is 1.36. The predicted molar refractivity (Wildman–Crippen MR) is 48.4 cm³/mol. The molecule has 0 aromatic heterocycles. The van der Waals surface area contributed by atoms with E-state index in [-0.39, 0.29) is 18.4 Å². The van der Waals surface area contributed by atoms with Crippen LogP contribution >= 0.6 is 0 Å². The maximum atomic E-state index is 13.4. The average Bonchev–Trinajstić information content (AvgIpc) is 2.12. The lowest BCUT2D eigenvalue weighted by atomic mass is 10.1. The maximum Gasteiger partial charge on any atom is 0.188 e. The van der Waals surface area contributed by atoms with E-state index in [0.29, 0.717) is 5.56 Å². The maximum absolute atomic E-state index is 13.4. The Morgan fingerprint density at radius 3 is 2.46 bits per heavy atom. The SMILES string of the molecule is COCOc1c(C)ccc(C)c1F. The zero-order valence-corrected chi connectivity index (χ0v) is 8.06. The third-order valence-electron chi connectivity index (χ3n) is 1.81. The summed E-state index contributed by atoms with van der Waals surface area (Å²) in [5, 5.41) is 0. The van der Waals surface area contributed by atoms with Gasteiger partial charge in [-0.3, -0.25) is 0 Å². The van der Waals surface area contributed by atoms with E-state index < -0.39 is 0 Å². The first-order valence-electron chi connectivity index (χ1n) is 4.04. The van der Waals surface area contributed by atoms with Crippen LogP contribution in [0.3, 0.4) is 0 Å². The van der Waals surface area contributed by atoms with Gasteiger partial charge in [-0.05, 0) is 25.0 Å². The molecule has 72 valence electrons. The van der Waals surface area contributed by atoms with Gasteiger partial charge in [-0.1, -0.05) is 12.1 Å². The fourth-order valence-electron chi connectivity index (χ4n) is 1.05. The van der Waals surface area contributed by atoms with Crippen LogP contribution in [-0.2, 0) is 4.74 Å². The van der Waals surface area contributed by atoms with Gasteiger partial charge in [0, 0.05) is 7.11 Å². The molecule has 0 saturated heterocycles. The molecular weight excluding hydrogens is 171 g/mol. The lowest BCUT2D eigenvalue weighted by Gasteiger charge is -2.10. The first-order chi connectivity index (χ1) is 6.16. The van der Waals surface area contributed by atoms with Gasteiger partial charge in [0.25, 0.3) is 0 Å². The van der Waals surface area contributed by atoms with E-state index in [4.69, 9.17) is 9.47 Å². The van der Waals surface area contributed by atoms with E-state index >= 15 is 0 Å². The van der Waals surface area contributed by atoms with Crippen molar-refractivity contribution in [3.63, 3.8) is 0 Å². The van der Waals surface area contributed by atoms with Crippen molar-refractivity contribution >= 4 is 0 Å². The van der Waals surface area contributed by atoms with Crippen molar-refractivity contribution in [2.75, 3.05) is 13.9 Å². The lowest BCUT2D eigenvalue weighted by Crippen LogP contribution is -2.03. The van der Waals surface area contributed by atoms with Crippen LogP contribution in [0, 0.1) is 19.7 Å². The number of methoxy groups -OCH3 is 1. The molecule has 0 N–H and O–H groups in total. The molecule has 0 unspecified atom stereocenters. The number of ether oxygens (including phenoxy) is 2. The average molecular weight is 184 g/mol. The normalized spacial score (nSPS) is 10.2. The number of rotatable bonds is 3. The fourth-order valence-corrected chi connectivity index (χ4v) is 1.05. The molecule has 0 heterocycles. The van der Waals surface area contributed by atoms with E-state index in [9.17, 15) is 4.39 Å². The van der Waals surface area contributed by atoms with Crippen LogP contribution in [0.15, 0.2) is 12.1 Å². The largest absolute Gasteiger partial charge is 0.464 e. The molecule has 2 nitrogen and oxygen atoms in total. The standard InChI is InChI=1S/C10H13FO2/c1-7-4-5-8(2)10(9(7)11)13-6-12-3/h4-5H,6H2,1-3H3. The summed E-state index contributed by atoms with van der Waals surface area (Å²) in [6.07, 6.45) is 0. The molecular formula is C10H13FO2. The zero-order chi connectivity index (χ0) is 9.84. The van der Waals surface area contributed by atoms with Crippen molar-refractivity contribution in [1.82, 2.24) is 0 Å². The minimum atomic E-state index is -0.308. The highest BCUT2D eigenvalue weighted by atomic mass is 19.1. The molecule has 13 heavy (non-hydrogen) atoms. The molecule has 3 heteroatoms. The molecule has 0 amide bonds. The molecule has 0 aliphatic rings. The Labute approximate surface area is 77.3 Å². The predicted octanol–water partition coefficient (Wildman–Crippen LogP) is 2.43. The number of hydrogen-bond donors (Lipinski definition) is 0. The van der Waals surface area contributed by atoms with Crippen LogP contribution in [0.4, 0.5) is 4.39 Å². The van der Waals surface area contributed by atoms with Gasteiger partial charge in [-0.25, -0.2) is 4.39 Å². The fraction of sp³-hybridized carbons (Fsp3) is 0.400. The topological polar surface area (TPSA) is 18.5 Å². The summed E-state index contributed by atoms with van der Waals surface area (Å²) in [7, 11) is 1.50. The lowest BCUT2D eigenvalue weighted by molar-refractivity contribution is 0.0477. The van der Waals surface area contributed by atoms with Gasteiger partial charge >= 0.3 is 0 Å². The van der Waals surface area contributed by atoms with Gasteiger partial charge in [0.2, 0.25) is 0 Å². The Balaban J connectivity index is 2.96. The van der Waals surface area contributed by atoms with Gasteiger partial charge in [0.1, 0.15) is 0 Å². The third kappa shape index (κ3) is 2.18. The minimum absolute atomic E-state index is 0.0706. The first-order valence-corrected chi connectivity index (χ1v) is 4.04. The number of aryl methyl sites for hydroxylation is 2. The highest BCUT2D eigenvalue weighted by Gasteiger charge is 2.09. The summed E-state index contributed by atoms with van der Waals surface area (Å²) < 4.78 is 23.2. The Morgan fingerprint density at radius 2 is 1.85 bits per heavy atom. The van der Waals surface area contributed by atoms with E-state index in [1.807, 2.05) is 6.07 Å². The van der Waals surface area contributed by atoms with Gasteiger partial charge in [-0.15, -0.1) is 0 Å². The zero-order valence-electron chi connectivity index (χ0n) is 8.06. The first kappa shape index (κ1) is 9.99. The second-order valence-corrected chi connectivity index (χ2v) is 2.89. The van der Waals surface area contributed by atoms with Crippen molar-refractivity contribution in [2.24, 2.45) is 0 Å². The van der Waals surface area contributed by atoms with Crippen molar-refractivity contribution in [2.45, 2.75) is 13.8 Å². The Kier molecular flexibility index (Phi) is 3.25. The molecule has 0 radical (unpaired) electrons. The summed E-state index contributed by atoms with van der Waals surface area (Å²) in [4.78, 5) is 0. The summed E-state index contributed by atoms with van der Waals surface area (Å²) in [6.45, 7) is 3.57. The Hall–Kier alpha value is -1.09. The summed E-state index contributed by atoms with van der Waals surface area (Å²) >= 11 is 0. The molecule has 0 atom stereocenters. The van der Waals surface area contributed by atoms with Gasteiger partial charge in [-0.2, -0.15) is 0 Å². The van der Waals surface area contributed by atoms with Crippen molar-refractivity contribution in [1.29, 1.82) is 0 Å². The van der Waals surface area contributed by atoms with Gasteiger partial charge in [0.15, 0.2) is 18.4 Å². The van der Waals surface area contributed by atoms with E-state index in [1.54, 1.807) is 19.9 Å². The Bertz CT molecular complexity index is 297. The molecule has 0 aliphatic carbocycles. The van der Waals surface area contributed by atoms with Crippen LogP contribution < -0.4 is 4.74 Å². The molecule has 1 aromatic rings. The van der Waals surface area contributed by atoms with E-state index in [2.05, 4.69) is 0 Å². The molecule has 1 rings (SSSR count). The van der Waals surface area contributed by atoms with E-state index in [0.717, 1.165) is 5.56 Å². The van der Waals surface area contributed by atoms with Crippen LogP contribution in [0.5, 0.6) is 5.75 Å². The molecule has 0 aliphatic heterocycles. The number of halogens is 1. The van der Waals surface area contributed by atoms with Crippen LogP contribution in [0.1, 0.15) is 11.1 Å². The highest BCUT2D eigenvalue weighted by molar-refractivity contribution is 5.37. The molecule has 0 bridgehead atoms. The second-order valence-electron chi connectivity index (χ2n) is 2.89. The van der Waals surface area contributed by atoms with Gasteiger partial charge < -0.3 is 9.47 Å². The molecule has 0 fully saturated rings. The second kappa shape index (κ2) is 4.23. The third-order valence-corrected chi connectivity index (χ3v) is 1.81. The van der Waals surface area contributed by atoms with Crippen LogP contribution in [0.2, 0.25) is 0 Å². The highest BCUT2D eigenvalue weighted by Crippen LogP contribution is 2.24. The molecule has 1 aromatic carbocycles. The van der Waals surface area contributed by atoms with Crippen LogP contribution in [-0.4, -0.2) is 13.9 Å². The quantitative estimate of drug-likeness (QED) is 0.672. The Morgan fingerprint density at radius 1 is 1.23 bits per heavy atom. The van der Waals surface area contributed by atoms with Crippen LogP contribution in [0.25, 0.3) is 0 Å². The minimum Gasteiger partial charge on any atom is -0.464 e.